The maximum Gasteiger partial charge on any atom is 0.313 e. The lowest BCUT2D eigenvalue weighted by molar-refractivity contribution is 0.0988. The lowest BCUT2D eigenvalue weighted by atomic mass is 10.2. The van der Waals surface area contributed by atoms with Crippen LogP contribution >= 0.6 is 0 Å². The number of nitrogens with one attached hydrogen (secondary N) is 1. The summed E-state index contributed by atoms with van der Waals surface area (Å²) in [7, 11) is 0. The number of benzene rings is 1. The monoisotopic (exact) mass is 300 g/mol. The van der Waals surface area contributed by atoms with Gasteiger partial charge >= 0.3 is 11.8 Å². The molecule has 1 amide bonds. The van der Waals surface area contributed by atoms with Crippen molar-refractivity contribution < 1.29 is 9.21 Å². The van der Waals surface area contributed by atoms with E-state index in [1.165, 1.54) is 18.5 Å². The average molecular weight is 300 g/mol. The third-order valence-corrected chi connectivity index (χ3v) is 3.73. The molecule has 0 bridgehead atoms. The minimum atomic E-state index is -0.381. The minimum absolute atomic E-state index is 0.00711. The summed E-state index contributed by atoms with van der Waals surface area (Å²) >= 11 is 0. The summed E-state index contributed by atoms with van der Waals surface area (Å²) in [4.78, 5) is 14.4. The van der Waals surface area contributed by atoms with Gasteiger partial charge in [-0.1, -0.05) is 13.8 Å². The molecule has 0 aliphatic carbocycles. The Morgan fingerprint density at radius 3 is 2.45 bits per heavy atom. The number of anilines is 2. The molecule has 1 N–H and O–H groups in total. The minimum Gasteiger partial charge on any atom is -0.417 e. The van der Waals surface area contributed by atoms with Crippen LogP contribution in [0.15, 0.2) is 28.7 Å². The number of carbonyl (C=O) groups is 1. The molecular weight excluding hydrogens is 280 g/mol. The van der Waals surface area contributed by atoms with Crippen molar-refractivity contribution in [2.24, 2.45) is 0 Å². The summed E-state index contributed by atoms with van der Waals surface area (Å²) in [5.74, 6) is 0.184. The van der Waals surface area contributed by atoms with E-state index in [-0.39, 0.29) is 17.7 Å². The van der Waals surface area contributed by atoms with Gasteiger partial charge in [-0.3, -0.25) is 4.79 Å². The highest BCUT2D eigenvalue weighted by molar-refractivity contribution is 6.00. The predicted molar refractivity (Wildman–Crippen MR) is 84.2 cm³/mol. The number of nitrogens with zero attached hydrogens (tertiary/aromatic N) is 3. The highest BCUT2D eigenvalue weighted by Gasteiger charge is 2.17. The molecule has 2 heterocycles. The molecule has 0 radical (unpaired) electrons. The van der Waals surface area contributed by atoms with Gasteiger partial charge in [0.05, 0.1) is 0 Å². The molecule has 0 atom stereocenters. The van der Waals surface area contributed by atoms with Crippen LogP contribution in [-0.2, 0) is 0 Å². The molecule has 3 rings (SSSR count). The van der Waals surface area contributed by atoms with Crippen LogP contribution in [0.4, 0.5) is 11.4 Å². The lowest BCUT2D eigenvalue weighted by Gasteiger charge is -2.17. The molecular formula is C16H20N4O2. The quantitative estimate of drug-likeness (QED) is 0.939. The largest absolute Gasteiger partial charge is 0.417 e. The Labute approximate surface area is 129 Å². The Kier molecular flexibility index (Phi) is 4.09. The smallest absolute Gasteiger partial charge is 0.313 e. The molecule has 1 aliphatic heterocycles. The molecule has 2 aromatic rings. The van der Waals surface area contributed by atoms with Crippen LogP contribution in [0, 0.1) is 0 Å². The van der Waals surface area contributed by atoms with Crippen LogP contribution in [-0.4, -0.2) is 29.2 Å². The Hall–Kier alpha value is -2.37. The van der Waals surface area contributed by atoms with Crippen molar-refractivity contribution in [3.63, 3.8) is 0 Å². The third-order valence-electron chi connectivity index (χ3n) is 3.73. The molecule has 0 unspecified atom stereocenters. The summed E-state index contributed by atoms with van der Waals surface area (Å²) < 4.78 is 5.34. The first-order valence-corrected chi connectivity index (χ1v) is 7.63. The lowest BCUT2D eigenvalue weighted by Crippen LogP contribution is -2.17. The second kappa shape index (κ2) is 6.17. The zero-order valence-corrected chi connectivity index (χ0v) is 12.9. The predicted octanol–water partition coefficient (Wildman–Crippen LogP) is 3.05. The van der Waals surface area contributed by atoms with Crippen molar-refractivity contribution in [2.75, 3.05) is 23.3 Å². The van der Waals surface area contributed by atoms with Crippen molar-refractivity contribution in [1.82, 2.24) is 10.2 Å². The number of aromatic nitrogens is 2. The van der Waals surface area contributed by atoms with Crippen LogP contribution in [0.5, 0.6) is 0 Å². The van der Waals surface area contributed by atoms with Crippen molar-refractivity contribution >= 4 is 17.3 Å². The van der Waals surface area contributed by atoms with Gasteiger partial charge in [0.2, 0.25) is 5.89 Å². The normalized spacial score (nSPS) is 14.6. The van der Waals surface area contributed by atoms with E-state index >= 15 is 0 Å². The van der Waals surface area contributed by atoms with Crippen LogP contribution in [0.25, 0.3) is 0 Å². The first-order valence-electron chi connectivity index (χ1n) is 7.63. The molecule has 1 fully saturated rings. The summed E-state index contributed by atoms with van der Waals surface area (Å²) in [5.41, 5.74) is 1.91. The van der Waals surface area contributed by atoms with E-state index < -0.39 is 0 Å². The van der Waals surface area contributed by atoms with Crippen LogP contribution < -0.4 is 10.2 Å². The molecule has 1 aliphatic rings. The fraction of sp³-hybridized carbons (Fsp3) is 0.438. The molecule has 1 aromatic carbocycles. The van der Waals surface area contributed by atoms with Gasteiger partial charge in [0.15, 0.2) is 0 Å². The summed E-state index contributed by atoms with van der Waals surface area (Å²) in [6.07, 6.45) is 2.49. The van der Waals surface area contributed by atoms with E-state index in [4.69, 9.17) is 4.42 Å². The fourth-order valence-electron chi connectivity index (χ4n) is 2.48. The van der Waals surface area contributed by atoms with E-state index in [0.29, 0.717) is 5.89 Å². The topological polar surface area (TPSA) is 71.3 Å². The molecule has 1 aromatic heterocycles. The molecule has 6 nitrogen and oxygen atoms in total. The third kappa shape index (κ3) is 3.10. The SMILES string of the molecule is CC(C)c1nnc(C(=O)Nc2ccc(N3CCCC3)cc2)o1. The highest BCUT2D eigenvalue weighted by atomic mass is 16.4. The van der Waals surface area contributed by atoms with E-state index in [1.807, 2.05) is 38.1 Å². The number of hydrogen-bond acceptors (Lipinski definition) is 5. The highest BCUT2D eigenvalue weighted by Crippen LogP contribution is 2.22. The van der Waals surface area contributed by atoms with Crippen LogP contribution in [0.2, 0.25) is 0 Å². The molecule has 6 heteroatoms. The Morgan fingerprint density at radius 1 is 1.18 bits per heavy atom. The summed E-state index contributed by atoms with van der Waals surface area (Å²) in [6.45, 7) is 6.08. The van der Waals surface area contributed by atoms with Crippen molar-refractivity contribution in [3.8, 4) is 0 Å². The zero-order chi connectivity index (χ0) is 15.5. The molecule has 1 saturated heterocycles. The van der Waals surface area contributed by atoms with Crippen molar-refractivity contribution in [3.05, 3.63) is 36.0 Å². The van der Waals surface area contributed by atoms with Gasteiger partial charge in [0.25, 0.3) is 0 Å². The Balaban J connectivity index is 1.65. The van der Waals surface area contributed by atoms with Gasteiger partial charge in [0.1, 0.15) is 0 Å². The van der Waals surface area contributed by atoms with Gasteiger partial charge in [0, 0.05) is 30.4 Å². The first-order chi connectivity index (χ1) is 10.6. The molecule has 0 saturated carbocycles. The van der Waals surface area contributed by atoms with E-state index in [1.54, 1.807) is 0 Å². The number of amides is 1. The molecule has 0 spiro atoms. The van der Waals surface area contributed by atoms with Gasteiger partial charge in [-0.15, -0.1) is 10.2 Å². The van der Waals surface area contributed by atoms with Gasteiger partial charge in [-0.25, -0.2) is 0 Å². The van der Waals surface area contributed by atoms with Crippen LogP contribution in [0.3, 0.4) is 0 Å². The maximum absolute atomic E-state index is 12.1. The Morgan fingerprint density at radius 2 is 1.86 bits per heavy atom. The average Bonchev–Trinajstić information content (AvgIpc) is 3.20. The fourth-order valence-corrected chi connectivity index (χ4v) is 2.48. The Bertz CT molecular complexity index is 642. The van der Waals surface area contributed by atoms with Crippen LogP contribution in [0.1, 0.15) is 49.2 Å². The maximum atomic E-state index is 12.1. The second-order valence-corrected chi connectivity index (χ2v) is 5.80. The first kappa shape index (κ1) is 14.6. The zero-order valence-electron chi connectivity index (χ0n) is 12.9. The van der Waals surface area contributed by atoms with E-state index in [2.05, 4.69) is 20.4 Å². The van der Waals surface area contributed by atoms with E-state index in [0.717, 1.165) is 18.8 Å². The van der Waals surface area contributed by atoms with Crippen molar-refractivity contribution in [1.29, 1.82) is 0 Å². The van der Waals surface area contributed by atoms with E-state index in [9.17, 15) is 4.79 Å². The number of carbonyl (C=O) groups excluding carboxylic acids is 1. The van der Waals surface area contributed by atoms with Gasteiger partial charge in [-0.2, -0.15) is 0 Å². The summed E-state index contributed by atoms with van der Waals surface area (Å²) in [6, 6.07) is 7.83. The standard InChI is InChI=1S/C16H20N4O2/c1-11(2)15-18-19-16(22-15)14(21)17-12-5-7-13(8-6-12)20-9-3-4-10-20/h5-8,11H,3-4,9-10H2,1-2H3,(H,17,21). The second-order valence-electron chi connectivity index (χ2n) is 5.80. The summed E-state index contributed by atoms with van der Waals surface area (Å²) in [5, 5.41) is 10.4. The van der Waals surface area contributed by atoms with Crippen molar-refractivity contribution in [2.45, 2.75) is 32.6 Å². The van der Waals surface area contributed by atoms with Gasteiger partial charge < -0.3 is 14.6 Å². The molecule has 22 heavy (non-hydrogen) atoms. The number of hydrogen-bond donors (Lipinski definition) is 1. The number of rotatable bonds is 4. The van der Waals surface area contributed by atoms with Gasteiger partial charge in [-0.05, 0) is 37.1 Å². The molecule has 116 valence electrons.